The SMILES string of the molecule is COC(=O)c1c(O)c(N=Nc2c(C#N)cnn2-c2ncccn2)cc2ccccc12. The van der Waals surface area contributed by atoms with Crippen molar-refractivity contribution in [1.82, 2.24) is 19.7 Å². The van der Waals surface area contributed by atoms with Gasteiger partial charge in [0, 0.05) is 17.8 Å². The van der Waals surface area contributed by atoms with Crippen LogP contribution >= 0.6 is 0 Å². The van der Waals surface area contributed by atoms with Gasteiger partial charge in [-0.2, -0.15) is 15.0 Å². The van der Waals surface area contributed by atoms with Crippen LogP contribution < -0.4 is 0 Å². The van der Waals surface area contributed by atoms with E-state index in [9.17, 15) is 15.2 Å². The van der Waals surface area contributed by atoms with E-state index in [4.69, 9.17) is 4.74 Å². The Bertz CT molecular complexity index is 1320. The first-order valence-corrected chi connectivity index (χ1v) is 8.64. The Morgan fingerprint density at radius 2 is 1.97 bits per heavy atom. The van der Waals surface area contributed by atoms with E-state index in [1.807, 2.05) is 6.07 Å². The van der Waals surface area contributed by atoms with Crippen LogP contribution in [-0.4, -0.2) is 37.9 Å². The zero-order valence-corrected chi connectivity index (χ0v) is 15.6. The van der Waals surface area contributed by atoms with Crippen molar-refractivity contribution in [2.75, 3.05) is 7.11 Å². The molecule has 2 aromatic heterocycles. The molecule has 146 valence electrons. The van der Waals surface area contributed by atoms with Crippen molar-refractivity contribution in [3.05, 3.63) is 66.1 Å². The minimum atomic E-state index is -0.707. The summed E-state index contributed by atoms with van der Waals surface area (Å²) in [6.45, 7) is 0. The number of nitrogens with zero attached hydrogens (tertiary/aromatic N) is 7. The van der Waals surface area contributed by atoms with Crippen molar-refractivity contribution in [2.45, 2.75) is 0 Å². The lowest BCUT2D eigenvalue weighted by Crippen LogP contribution is -2.03. The fraction of sp³-hybridized carbons (Fsp3) is 0.0500. The molecule has 0 aliphatic rings. The number of esters is 1. The summed E-state index contributed by atoms with van der Waals surface area (Å²) in [5.74, 6) is -0.812. The number of phenols is 1. The molecule has 10 nitrogen and oxygen atoms in total. The average molecular weight is 399 g/mol. The van der Waals surface area contributed by atoms with Gasteiger partial charge in [-0.15, -0.1) is 10.2 Å². The van der Waals surface area contributed by atoms with Crippen molar-refractivity contribution in [1.29, 1.82) is 5.26 Å². The fourth-order valence-corrected chi connectivity index (χ4v) is 2.87. The van der Waals surface area contributed by atoms with E-state index in [-0.39, 0.29) is 34.3 Å². The zero-order chi connectivity index (χ0) is 21.1. The highest BCUT2D eigenvalue weighted by Gasteiger charge is 2.20. The number of nitriles is 1. The first-order valence-electron chi connectivity index (χ1n) is 8.64. The molecule has 0 bridgehead atoms. The van der Waals surface area contributed by atoms with Crippen LogP contribution in [0.5, 0.6) is 5.75 Å². The lowest BCUT2D eigenvalue weighted by atomic mass is 10.0. The van der Waals surface area contributed by atoms with E-state index in [1.165, 1.54) is 30.4 Å². The van der Waals surface area contributed by atoms with Crippen LogP contribution in [0.15, 0.2) is 65.2 Å². The monoisotopic (exact) mass is 399 g/mol. The highest BCUT2D eigenvalue weighted by atomic mass is 16.5. The summed E-state index contributed by atoms with van der Waals surface area (Å²) in [6.07, 6.45) is 4.36. The molecule has 0 atom stereocenters. The maximum Gasteiger partial charge on any atom is 0.342 e. The molecule has 10 heteroatoms. The van der Waals surface area contributed by atoms with Crippen LogP contribution in [0.2, 0.25) is 0 Å². The summed E-state index contributed by atoms with van der Waals surface area (Å²) in [6, 6.07) is 12.2. The summed E-state index contributed by atoms with van der Waals surface area (Å²) < 4.78 is 6.05. The Morgan fingerprint density at radius 3 is 2.70 bits per heavy atom. The van der Waals surface area contributed by atoms with Crippen LogP contribution in [0.1, 0.15) is 15.9 Å². The van der Waals surface area contributed by atoms with Gasteiger partial charge in [-0.3, -0.25) is 0 Å². The Morgan fingerprint density at radius 1 is 1.20 bits per heavy atom. The van der Waals surface area contributed by atoms with Crippen molar-refractivity contribution in [3.63, 3.8) is 0 Å². The van der Waals surface area contributed by atoms with Gasteiger partial charge in [0.1, 0.15) is 22.9 Å². The summed E-state index contributed by atoms with van der Waals surface area (Å²) in [5, 5.41) is 33.4. The van der Waals surface area contributed by atoms with Gasteiger partial charge < -0.3 is 9.84 Å². The number of rotatable bonds is 4. The number of hydrogen-bond donors (Lipinski definition) is 1. The molecule has 0 amide bonds. The number of carbonyl (C=O) groups excluding carboxylic acids is 1. The number of ether oxygens (including phenoxy) is 1. The summed E-state index contributed by atoms with van der Waals surface area (Å²) in [7, 11) is 1.22. The van der Waals surface area contributed by atoms with E-state index >= 15 is 0 Å². The molecule has 0 saturated heterocycles. The Balaban J connectivity index is 1.87. The summed E-state index contributed by atoms with van der Waals surface area (Å²) in [4.78, 5) is 20.4. The molecule has 4 aromatic rings. The van der Waals surface area contributed by atoms with Crippen molar-refractivity contribution in [3.8, 4) is 17.8 Å². The molecule has 30 heavy (non-hydrogen) atoms. The molecular formula is C20H13N7O3. The van der Waals surface area contributed by atoms with Crippen molar-refractivity contribution >= 4 is 28.2 Å². The molecule has 0 fully saturated rings. The molecule has 2 aromatic carbocycles. The van der Waals surface area contributed by atoms with E-state index < -0.39 is 5.97 Å². The van der Waals surface area contributed by atoms with Gasteiger partial charge in [0.2, 0.25) is 0 Å². The average Bonchev–Trinajstić information content (AvgIpc) is 3.20. The maximum atomic E-state index is 12.2. The van der Waals surface area contributed by atoms with Gasteiger partial charge in [-0.05, 0) is 17.5 Å². The van der Waals surface area contributed by atoms with Gasteiger partial charge >= 0.3 is 5.97 Å². The smallest absolute Gasteiger partial charge is 0.342 e. The Labute approximate surface area is 169 Å². The minimum absolute atomic E-state index is 0.0232. The predicted octanol–water partition coefficient (Wildman–Crippen LogP) is 3.59. The first-order chi connectivity index (χ1) is 14.6. The highest BCUT2D eigenvalue weighted by molar-refractivity contribution is 6.09. The Kier molecular flexibility index (Phi) is 4.84. The van der Waals surface area contributed by atoms with Crippen LogP contribution in [0, 0.1) is 11.3 Å². The topological polar surface area (TPSA) is 139 Å². The number of carbonyl (C=O) groups is 1. The number of phenolic OH excluding ortho intramolecular Hbond substituents is 1. The summed E-state index contributed by atoms with van der Waals surface area (Å²) in [5.41, 5.74) is 0.143. The van der Waals surface area contributed by atoms with Gasteiger partial charge in [0.05, 0.1) is 13.3 Å². The molecule has 4 rings (SSSR count). The van der Waals surface area contributed by atoms with E-state index in [0.29, 0.717) is 10.8 Å². The van der Waals surface area contributed by atoms with Gasteiger partial charge in [-0.25, -0.2) is 14.8 Å². The van der Waals surface area contributed by atoms with Gasteiger partial charge in [-0.1, -0.05) is 24.3 Å². The molecular weight excluding hydrogens is 386 g/mol. The van der Waals surface area contributed by atoms with Crippen LogP contribution in [0.25, 0.3) is 16.7 Å². The largest absolute Gasteiger partial charge is 0.505 e. The number of methoxy groups -OCH3 is 1. The third-order valence-corrected chi connectivity index (χ3v) is 4.25. The van der Waals surface area contributed by atoms with E-state index in [2.05, 4.69) is 25.3 Å². The standard InChI is InChI=1S/C20H13N7O3/c1-30-19(29)16-14-6-3-2-5-12(14)9-15(17(16)28)25-26-18-13(10-21)11-24-27(18)20-22-7-4-8-23-20/h2-9,11,28H,1H3. The second-order valence-electron chi connectivity index (χ2n) is 5.99. The lowest BCUT2D eigenvalue weighted by molar-refractivity contribution is 0.0600. The van der Waals surface area contributed by atoms with Crippen LogP contribution in [-0.2, 0) is 4.74 Å². The molecule has 1 N–H and O–H groups in total. The maximum absolute atomic E-state index is 12.2. The molecule has 0 unspecified atom stereocenters. The minimum Gasteiger partial charge on any atom is -0.505 e. The number of azo groups is 1. The van der Waals surface area contributed by atoms with Crippen LogP contribution in [0.4, 0.5) is 11.5 Å². The molecule has 0 aliphatic carbocycles. The second-order valence-corrected chi connectivity index (χ2v) is 5.99. The number of benzene rings is 2. The Hall–Kier alpha value is -4.65. The van der Waals surface area contributed by atoms with E-state index in [0.717, 1.165) is 0 Å². The van der Waals surface area contributed by atoms with Crippen molar-refractivity contribution in [2.24, 2.45) is 10.2 Å². The number of hydrogen-bond acceptors (Lipinski definition) is 9. The third-order valence-electron chi connectivity index (χ3n) is 4.25. The highest BCUT2D eigenvalue weighted by Crippen LogP contribution is 2.38. The van der Waals surface area contributed by atoms with Crippen molar-refractivity contribution < 1.29 is 14.6 Å². The molecule has 0 aliphatic heterocycles. The second kappa shape index (κ2) is 7.76. The normalized spacial score (nSPS) is 10.9. The number of aromatic hydroxyl groups is 1. The lowest BCUT2D eigenvalue weighted by Gasteiger charge is -2.09. The zero-order valence-electron chi connectivity index (χ0n) is 15.6. The predicted molar refractivity (Wildman–Crippen MR) is 105 cm³/mol. The van der Waals surface area contributed by atoms with Crippen LogP contribution in [0.3, 0.4) is 0 Å². The number of fused-ring (bicyclic) bond motifs is 1. The molecule has 0 saturated carbocycles. The van der Waals surface area contributed by atoms with Gasteiger partial charge in [0.15, 0.2) is 11.6 Å². The summed E-state index contributed by atoms with van der Waals surface area (Å²) >= 11 is 0. The van der Waals surface area contributed by atoms with Gasteiger partial charge in [0.25, 0.3) is 5.95 Å². The molecule has 2 heterocycles. The molecule has 0 spiro atoms. The fourth-order valence-electron chi connectivity index (χ4n) is 2.87. The van der Waals surface area contributed by atoms with E-state index in [1.54, 1.807) is 36.4 Å². The number of aromatic nitrogens is 4. The third kappa shape index (κ3) is 3.20. The first kappa shape index (κ1) is 18.7. The quantitative estimate of drug-likeness (QED) is 0.408. The molecule has 0 radical (unpaired) electrons.